The number of halogens is 3. The van der Waals surface area contributed by atoms with Gasteiger partial charge in [-0.25, -0.2) is 0 Å². The lowest BCUT2D eigenvalue weighted by atomic mass is 10.0. The predicted molar refractivity (Wildman–Crippen MR) is 135 cm³/mol. The molecule has 1 aliphatic heterocycles. The fourth-order valence-electron chi connectivity index (χ4n) is 4.51. The second-order valence-electron chi connectivity index (χ2n) is 8.75. The van der Waals surface area contributed by atoms with Gasteiger partial charge in [0.05, 0.1) is 5.56 Å². The largest absolute Gasteiger partial charge is 0.573 e. The molecule has 2 unspecified atom stereocenters. The SMILES string of the molecule is CCc1cc(C(=O)c2ccc(OC(F)(F)F)cc2)c(NC(=O)C(c2ccccc2)N2CCCC2C(=O)O)s1. The van der Waals surface area contributed by atoms with Crippen molar-refractivity contribution in [2.45, 2.75) is 44.6 Å². The molecule has 1 saturated heterocycles. The maximum Gasteiger partial charge on any atom is 0.573 e. The zero-order chi connectivity index (χ0) is 27.4. The van der Waals surface area contributed by atoms with Crippen molar-refractivity contribution in [3.63, 3.8) is 0 Å². The number of nitrogens with zero attached hydrogens (tertiary/aromatic N) is 1. The van der Waals surface area contributed by atoms with Gasteiger partial charge >= 0.3 is 12.3 Å². The van der Waals surface area contributed by atoms with Gasteiger partial charge in [-0.2, -0.15) is 0 Å². The topological polar surface area (TPSA) is 95.9 Å². The Bertz CT molecular complexity index is 1310. The van der Waals surface area contributed by atoms with Crippen molar-refractivity contribution in [1.82, 2.24) is 4.90 Å². The summed E-state index contributed by atoms with van der Waals surface area (Å²) in [6.07, 6.45) is -3.21. The Balaban J connectivity index is 1.63. The van der Waals surface area contributed by atoms with Gasteiger partial charge in [-0.05, 0) is 55.2 Å². The second-order valence-corrected chi connectivity index (χ2v) is 9.88. The summed E-state index contributed by atoms with van der Waals surface area (Å²) < 4.78 is 41.3. The molecule has 1 aromatic heterocycles. The van der Waals surface area contributed by atoms with E-state index in [1.165, 1.54) is 23.5 Å². The van der Waals surface area contributed by atoms with Crippen LogP contribution >= 0.6 is 11.3 Å². The van der Waals surface area contributed by atoms with Crippen LogP contribution in [0.2, 0.25) is 0 Å². The average Bonchev–Trinajstić information content (AvgIpc) is 3.51. The maximum atomic E-state index is 13.7. The number of carbonyl (C=O) groups is 3. The zero-order valence-electron chi connectivity index (χ0n) is 20.3. The van der Waals surface area contributed by atoms with Crippen molar-refractivity contribution in [2.24, 2.45) is 0 Å². The van der Waals surface area contributed by atoms with Gasteiger partial charge in [0, 0.05) is 17.0 Å². The number of aryl methyl sites for hydroxylation is 1. The third-order valence-electron chi connectivity index (χ3n) is 6.24. The number of benzene rings is 2. The molecule has 2 N–H and O–H groups in total. The van der Waals surface area contributed by atoms with Gasteiger partial charge < -0.3 is 15.2 Å². The molecule has 0 spiro atoms. The van der Waals surface area contributed by atoms with Crippen LogP contribution in [0.4, 0.5) is 18.2 Å². The lowest BCUT2D eigenvalue weighted by Gasteiger charge is -2.30. The van der Waals surface area contributed by atoms with Crippen LogP contribution < -0.4 is 10.1 Å². The number of nitrogens with one attached hydrogen (secondary N) is 1. The third-order valence-corrected chi connectivity index (χ3v) is 7.43. The van der Waals surface area contributed by atoms with Crippen molar-refractivity contribution >= 4 is 34.0 Å². The minimum Gasteiger partial charge on any atom is -0.480 e. The number of carbonyl (C=O) groups excluding carboxylic acids is 2. The summed E-state index contributed by atoms with van der Waals surface area (Å²) in [4.78, 5) is 41.4. The number of alkyl halides is 3. The van der Waals surface area contributed by atoms with E-state index in [9.17, 15) is 32.7 Å². The first kappa shape index (κ1) is 27.3. The predicted octanol–water partition coefficient (Wildman–Crippen LogP) is 5.67. The zero-order valence-corrected chi connectivity index (χ0v) is 21.1. The molecule has 1 aliphatic rings. The first-order chi connectivity index (χ1) is 18.1. The fourth-order valence-corrected chi connectivity index (χ4v) is 5.51. The van der Waals surface area contributed by atoms with E-state index >= 15 is 0 Å². The van der Waals surface area contributed by atoms with Crippen LogP contribution in [0.15, 0.2) is 60.7 Å². The van der Waals surface area contributed by atoms with Crippen LogP contribution in [-0.2, 0) is 16.0 Å². The number of hydrogen-bond donors (Lipinski definition) is 2. The molecule has 3 aromatic rings. The highest BCUT2D eigenvalue weighted by atomic mass is 32.1. The number of rotatable bonds is 9. The van der Waals surface area contributed by atoms with E-state index in [-0.39, 0.29) is 11.1 Å². The monoisotopic (exact) mass is 546 g/mol. The van der Waals surface area contributed by atoms with Gasteiger partial charge in [0.2, 0.25) is 5.91 Å². The van der Waals surface area contributed by atoms with Gasteiger partial charge in [0.15, 0.2) is 5.78 Å². The number of amides is 1. The number of carboxylic acid groups (broad SMARTS) is 1. The first-order valence-electron chi connectivity index (χ1n) is 11.9. The van der Waals surface area contributed by atoms with Crippen LogP contribution in [0.1, 0.15) is 52.2 Å². The van der Waals surface area contributed by atoms with Crippen molar-refractivity contribution in [2.75, 3.05) is 11.9 Å². The molecule has 200 valence electrons. The van der Waals surface area contributed by atoms with Crippen molar-refractivity contribution in [1.29, 1.82) is 0 Å². The summed E-state index contributed by atoms with van der Waals surface area (Å²) in [6.45, 7) is 2.32. The Kier molecular flexibility index (Phi) is 8.17. The molecule has 11 heteroatoms. The Morgan fingerprint density at radius 3 is 2.42 bits per heavy atom. The molecule has 2 atom stereocenters. The lowest BCUT2D eigenvalue weighted by molar-refractivity contribution is -0.274. The van der Waals surface area contributed by atoms with Gasteiger partial charge in [0.25, 0.3) is 0 Å². The summed E-state index contributed by atoms with van der Waals surface area (Å²) in [5.74, 6) is -2.41. The van der Waals surface area contributed by atoms with Crippen molar-refractivity contribution in [3.05, 3.63) is 82.2 Å². The fraction of sp³-hybridized carbons (Fsp3) is 0.296. The van der Waals surface area contributed by atoms with Crippen LogP contribution in [0.3, 0.4) is 0 Å². The van der Waals surface area contributed by atoms with E-state index in [1.54, 1.807) is 41.3 Å². The Labute approximate surface area is 220 Å². The van der Waals surface area contributed by atoms with Crippen LogP contribution in [0.25, 0.3) is 0 Å². The summed E-state index contributed by atoms with van der Waals surface area (Å²) in [6, 6.07) is 13.3. The average molecular weight is 547 g/mol. The molecule has 0 saturated carbocycles. The highest BCUT2D eigenvalue weighted by Crippen LogP contribution is 2.35. The van der Waals surface area contributed by atoms with Crippen LogP contribution in [0, 0.1) is 0 Å². The summed E-state index contributed by atoms with van der Waals surface area (Å²) in [5, 5.41) is 12.9. The highest BCUT2D eigenvalue weighted by Gasteiger charge is 2.40. The Morgan fingerprint density at radius 2 is 1.82 bits per heavy atom. The summed E-state index contributed by atoms with van der Waals surface area (Å²) >= 11 is 1.22. The standard InChI is InChI=1S/C27H25F3N2O5S/c1-2-19-15-20(23(33)17-10-12-18(13-11-17)37-27(28,29)30)25(38-19)31-24(34)22(16-7-4-3-5-8-16)32-14-6-9-21(32)26(35)36/h3-5,7-8,10-13,15,21-22H,2,6,9,14H2,1H3,(H,31,34)(H,35,36). The molecule has 4 rings (SSSR count). The first-order valence-corrected chi connectivity index (χ1v) is 12.8. The molecule has 7 nitrogen and oxygen atoms in total. The molecular formula is C27H25F3N2O5S. The smallest absolute Gasteiger partial charge is 0.480 e. The summed E-state index contributed by atoms with van der Waals surface area (Å²) in [5.41, 5.74) is 0.951. The quantitative estimate of drug-likeness (QED) is 0.336. The number of ketones is 1. The van der Waals surface area contributed by atoms with Crippen LogP contribution in [-0.4, -0.2) is 46.6 Å². The van der Waals surface area contributed by atoms with E-state index < -0.39 is 41.9 Å². The van der Waals surface area contributed by atoms with Gasteiger partial charge in [-0.1, -0.05) is 37.3 Å². The third kappa shape index (κ3) is 6.22. The molecule has 0 radical (unpaired) electrons. The molecule has 2 heterocycles. The maximum absolute atomic E-state index is 13.7. The molecule has 2 aromatic carbocycles. The van der Waals surface area contributed by atoms with E-state index in [1.807, 2.05) is 6.92 Å². The minimum absolute atomic E-state index is 0.126. The van der Waals surface area contributed by atoms with E-state index in [4.69, 9.17) is 0 Å². The van der Waals surface area contributed by atoms with Crippen molar-refractivity contribution < 1.29 is 37.4 Å². The molecule has 38 heavy (non-hydrogen) atoms. The molecule has 1 amide bonds. The number of ether oxygens (including phenoxy) is 1. The number of anilines is 1. The van der Waals surface area contributed by atoms with E-state index in [0.717, 1.165) is 17.0 Å². The number of aliphatic carboxylic acids is 1. The molecular weight excluding hydrogens is 521 g/mol. The van der Waals surface area contributed by atoms with Crippen molar-refractivity contribution in [3.8, 4) is 5.75 Å². The lowest BCUT2D eigenvalue weighted by Crippen LogP contribution is -2.43. The Morgan fingerprint density at radius 1 is 1.13 bits per heavy atom. The Hall–Kier alpha value is -3.70. The highest BCUT2D eigenvalue weighted by molar-refractivity contribution is 7.16. The van der Waals surface area contributed by atoms with Gasteiger partial charge in [-0.3, -0.25) is 19.3 Å². The normalized spacial score (nSPS) is 16.7. The molecule has 1 fully saturated rings. The molecule has 0 aliphatic carbocycles. The second kappa shape index (κ2) is 11.4. The minimum atomic E-state index is -4.85. The van der Waals surface area contributed by atoms with Gasteiger partial charge in [0.1, 0.15) is 22.8 Å². The molecule has 0 bridgehead atoms. The van der Waals surface area contributed by atoms with Crippen LogP contribution in [0.5, 0.6) is 5.75 Å². The number of carboxylic acids is 1. The van der Waals surface area contributed by atoms with E-state index in [0.29, 0.717) is 36.4 Å². The number of hydrogen-bond acceptors (Lipinski definition) is 6. The number of likely N-dealkylation sites (tertiary alicyclic amines) is 1. The van der Waals surface area contributed by atoms with E-state index in [2.05, 4.69) is 10.1 Å². The van der Waals surface area contributed by atoms with Gasteiger partial charge in [-0.15, -0.1) is 24.5 Å². The summed E-state index contributed by atoms with van der Waals surface area (Å²) in [7, 11) is 0. The number of thiophene rings is 1.